The molecule has 1 amide bonds. The number of hydrogen-bond donors (Lipinski definition) is 1. The summed E-state index contributed by atoms with van der Waals surface area (Å²) in [5.41, 5.74) is 2.97. The number of sulfonamides is 1. The van der Waals surface area contributed by atoms with Crippen LogP contribution in [0.15, 0.2) is 64.5 Å². The second-order valence-corrected chi connectivity index (χ2v) is 12.5. The van der Waals surface area contributed by atoms with Crippen LogP contribution in [0.25, 0.3) is 5.76 Å². The lowest BCUT2D eigenvalue weighted by molar-refractivity contribution is -0.132. The lowest BCUT2D eigenvalue weighted by atomic mass is 9.93. The topological polar surface area (TPSA) is 108 Å². The highest BCUT2D eigenvalue weighted by atomic mass is 32.2. The van der Waals surface area contributed by atoms with E-state index in [0.717, 1.165) is 26.8 Å². The number of benzene rings is 2. The molecule has 1 unspecified atom stereocenters. The number of aryl methyl sites for hydroxylation is 1. The minimum atomic E-state index is -3.79. The molecule has 1 aliphatic heterocycles. The smallest absolute Gasteiger partial charge is 0.301 e. The monoisotopic (exact) mass is 525 g/mol. The zero-order chi connectivity index (χ0) is 26.4. The van der Waals surface area contributed by atoms with Crippen LogP contribution in [-0.2, 0) is 19.6 Å². The number of hydrogen-bond acceptors (Lipinski definition) is 7. The fourth-order valence-corrected chi connectivity index (χ4v) is 6.25. The Bertz CT molecular complexity index is 1450. The Hall–Kier alpha value is -3.34. The number of nitrogens with zero attached hydrogens (tertiary/aromatic N) is 3. The Morgan fingerprint density at radius 2 is 1.67 bits per heavy atom. The fraction of sp³-hybridized carbons (Fsp3) is 0.269. The number of amides is 1. The number of aliphatic hydroxyl groups is 1. The van der Waals surface area contributed by atoms with Crippen molar-refractivity contribution in [3.63, 3.8) is 0 Å². The quantitative estimate of drug-likeness (QED) is 0.289. The molecule has 0 aliphatic carbocycles. The third-order valence-electron chi connectivity index (χ3n) is 6.10. The second-order valence-electron chi connectivity index (χ2n) is 9.11. The number of rotatable bonds is 6. The van der Waals surface area contributed by atoms with Crippen molar-refractivity contribution in [1.82, 2.24) is 9.29 Å². The van der Waals surface area contributed by atoms with Gasteiger partial charge in [0.05, 0.1) is 17.8 Å². The summed E-state index contributed by atoms with van der Waals surface area (Å²) in [5.74, 6) is -1.77. The zero-order valence-corrected chi connectivity index (χ0v) is 22.2. The van der Waals surface area contributed by atoms with E-state index in [1.54, 1.807) is 24.3 Å². The first-order valence-corrected chi connectivity index (χ1v) is 13.6. The fourth-order valence-electron chi connectivity index (χ4n) is 3.94. The highest BCUT2D eigenvalue weighted by Gasteiger charge is 2.48. The van der Waals surface area contributed by atoms with Gasteiger partial charge in [-0.15, -0.1) is 0 Å². The van der Waals surface area contributed by atoms with Crippen LogP contribution in [0.4, 0.5) is 5.13 Å². The van der Waals surface area contributed by atoms with E-state index in [2.05, 4.69) is 18.8 Å². The maximum atomic E-state index is 13.3. The van der Waals surface area contributed by atoms with Gasteiger partial charge in [-0.1, -0.05) is 79.3 Å². The number of carbonyl (C=O) groups excluding carboxylic acids is 2. The number of carbonyl (C=O) groups is 2. The Morgan fingerprint density at radius 1 is 1.06 bits per heavy atom. The Morgan fingerprint density at radius 3 is 2.22 bits per heavy atom. The van der Waals surface area contributed by atoms with Crippen LogP contribution < -0.4 is 4.90 Å². The van der Waals surface area contributed by atoms with Crippen molar-refractivity contribution in [1.29, 1.82) is 0 Å². The van der Waals surface area contributed by atoms with Crippen molar-refractivity contribution < 1.29 is 23.1 Å². The first-order chi connectivity index (χ1) is 16.9. The summed E-state index contributed by atoms with van der Waals surface area (Å²) in [6.45, 7) is 6.02. The molecule has 4 rings (SSSR count). The largest absolute Gasteiger partial charge is 0.507 e. The van der Waals surface area contributed by atoms with E-state index >= 15 is 0 Å². The standard InChI is InChI=1S/C26H27N3O5S2/c1-15(2)17-10-12-18(13-11-17)22-21(23(30)19-8-6-16(3)7-9-19)24(31)25(32)29(22)26-27-14-20(35-26)36(33,34)28(4)5/h6-15,22,30H,1-5H3/b23-21+. The Balaban J connectivity index is 1.91. The van der Waals surface area contributed by atoms with E-state index in [9.17, 15) is 23.1 Å². The number of thiazole rings is 1. The van der Waals surface area contributed by atoms with E-state index in [-0.39, 0.29) is 26.6 Å². The molecule has 36 heavy (non-hydrogen) atoms. The van der Waals surface area contributed by atoms with E-state index in [1.807, 2.05) is 31.2 Å². The number of aromatic nitrogens is 1. The summed E-state index contributed by atoms with van der Waals surface area (Å²) in [6.07, 6.45) is 1.17. The highest BCUT2D eigenvalue weighted by molar-refractivity contribution is 7.91. The molecule has 1 N–H and O–H groups in total. The summed E-state index contributed by atoms with van der Waals surface area (Å²) in [5, 5.41) is 11.3. The molecular weight excluding hydrogens is 498 g/mol. The van der Waals surface area contributed by atoms with Crippen molar-refractivity contribution in [3.8, 4) is 0 Å². The molecule has 1 fully saturated rings. The molecule has 1 aliphatic rings. The third-order valence-corrected chi connectivity index (χ3v) is 9.35. The maximum Gasteiger partial charge on any atom is 0.301 e. The molecular formula is C26H27N3O5S2. The normalized spacial score (nSPS) is 18.0. The van der Waals surface area contributed by atoms with Crippen LogP contribution in [0.5, 0.6) is 0 Å². The minimum Gasteiger partial charge on any atom is -0.507 e. The first kappa shape index (κ1) is 25.7. The second kappa shape index (κ2) is 9.61. The van der Waals surface area contributed by atoms with Crippen LogP contribution in [0.2, 0.25) is 0 Å². The molecule has 0 saturated carbocycles. The van der Waals surface area contributed by atoms with Crippen molar-refractivity contribution in [2.45, 2.75) is 36.9 Å². The van der Waals surface area contributed by atoms with Crippen molar-refractivity contribution in [3.05, 3.63) is 82.6 Å². The molecule has 1 atom stereocenters. The van der Waals surface area contributed by atoms with Gasteiger partial charge in [-0.3, -0.25) is 14.5 Å². The summed E-state index contributed by atoms with van der Waals surface area (Å²) in [7, 11) is -0.983. The van der Waals surface area contributed by atoms with Gasteiger partial charge in [0.15, 0.2) is 9.34 Å². The molecule has 1 saturated heterocycles. The molecule has 8 nitrogen and oxygen atoms in total. The van der Waals surface area contributed by atoms with Crippen molar-refractivity contribution in [2.75, 3.05) is 19.0 Å². The van der Waals surface area contributed by atoms with Crippen LogP contribution in [0.1, 0.15) is 48.1 Å². The Labute approximate surface area is 214 Å². The van der Waals surface area contributed by atoms with E-state index in [1.165, 1.54) is 25.2 Å². The van der Waals surface area contributed by atoms with Gasteiger partial charge in [-0.05, 0) is 24.0 Å². The zero-order valence-electron chi connectivity index (χ0n) is 20.6. The van der Waals surface area contributed by atoms with Crippen LogP contribution in [0.3, 0.4) is 0 Å². The number of anilines is 1. The number of Topliss-reactive ketones (excluding diaryl/α,β-unsaturated/α-hetero) is 1. The Kier molecular flexibility index (Phi) is 6.87. The lowest BCUT2D eigenvalue weighted by Gasteiger charge is -2.23. The van der Waals surface area contributed by atoms with Crippen molar-refractivity contribution >= 4 is 43.9 Å². The minimum absolute atomic E-state index is 0.0541. The molecule has 3 aromatic rings. The summed E-state index contributed by atoms with van der Waals surface area (Å²) in [6, 6.07) is 13.4. The van der Waals surface area contributed by atoms with E-state index in [0.29, 0.717) is 11.1 Å². The molecule has 0 spiro atoms. The first-order valence-electron chi connectivity index (χ1n) is 11.3. The summed E-state index contributed by atoms with van der Waals surface area (Å²) >= 11 is 0.797. The van der Waals surface area contributed by atoms with E-state index in [4.69, 9.17) is 0 Å². The average molecular weight is 526 g/mol. The molecule has 2 aromatic carbocycles. The van der Waals surface area contributed by atoms with E-state index < -0.39 is 27.8 Å². The predicted octanol–water partition coefficient (Wildman–Crippen LogP) is 4.45. The van der Waals surface area contributed by atoms with Gasteiger partial charge < -0.3 is 5.11 Å². The highest BCUT2D eigenvalue weighted by Crippen LogP contribution is 2.44. The van der Waals surface area contributed by atoms with Gasteiger partial charge in [0.2, 0.25) is 0 Å². The molecule has 0 bridgehead atoms. The molecule has 10 heteroatoms. The molecule has 1 aromatic heterocycles. The molecule has 188 valence electrons. The van der Waals surface area contributed by atoms with Gasteiger partial charge >= 0.3 is 5.91 Å². The predicted molar refractivity (Wildman–Crippen MR) is 139 cm³/mol. The van der Waals surface area contributed by atoms with Gasteiger partial charge in [0.25, 0.3) is 15.8 Å². The number of ketones is 1. The number of aliphatic hydroxyl groups excluding tert-OH is 1. The average Bonchev–Trinajstić information content (AvgIpc) is 3.43. The lowest BCUT2D eigenvalue weighted by Crippen LogP contribution is -2.29. The molecule has 0 radical (unpaired) electrons. The van der Waals surface area contributed by atoms with Gasteiger partial charge in [0, 0.05) is 19.7 Å². The maximum absolute atomic E-state index is 13.3. The summed E-state index contributed by atoms with van der Waals surface area (Å²) in [4.78, 5) is 31.9. The summed E-state index contributed by atoms with van der Waals surface area (Å²) < 4.78 is 26.2. The van der Waals surface area contributed by atoms with Gasteiger partial charge in [-0.2, -0.15) is 0 Å². The van der Waals surface area contributed by atoms with Crippen molar-refractivity contribution in [2.24, 2.45) is 0 Å². The van der Waals surface area contributed by atoms with Gasteiger partial charge in [-0.25, -0.2) is 17.7 Å². The van der Waals surface area contributed by atoms with Crippen LogP contribution in [0, 0.1) is 6.92 Å². The third kappa shape index (κ3) is 4.47. The molecule has 2 heterocycles. The van der Waals surface area contributed by atoms with Crippen LogP contribution >= 0.6 is 11.3 Å². The van der Waals surface area contributed by atoms with Crippen LogP contribution in [-0.4, -0.2) is 48.6 Å². The SMILES string of the molecule is Cc1ccc(/C(O)=C2\C(=O)C(=O)N(c3ncc(S(=O)(=O)N(C)C)s3)C2c2ccc(C(C)C)cc2)cc1. The van der Waals surface area contributed by atoms with Gasteiger partial charge in [0.1, 0.15) is 5.76 Å².